The molecule has 1 fully saturated rings. The smallest absolute Gasteiger partial charge is 0.326 e. The number of hydrogen-bond acceptors (Lipinski definition) is 6. The lowest BCUT2D eigenvalue weighted by Gasteiger charge is -2.28. The summed E-state index contributed by atoms with van der Waals surface area (Å²) in [5, 5.41) is 5.43. The molecule has 9 nitrogen and oxygen atoms in total. The van der Waals surface area contributed by atoms with Crippen LogP contribution in [0.3, 0.4) is 0 Å². The number of hydrogen-bond donors (Lipinski definition) is 2. The topological polar surface area (TPSA) is 114 Å². The number of nitrogens with one attached hydrogen (secondary N) is 2. The van der Waals surface area contributed by atoms with Gasteiger partial charge < -0.3 is 20.1 Å². The fourth-order valence-corrected chi connectivity index (χ4v) is 4.19. The highest BCUT2D eigenvalue weighted by Gasteiger charge is 2.54. The first-order valence-corrected chi connectivity index (χ1v) is 11.1. The minimum atomic E-state index is -1.56. The first-order chi connectivity index (χ1) is 17.3. The molecule has 1 saturated heterocycles. The number of carbonyl (C=O) groups excluding carboxylic acids is 4. The summed E-state index contributed by atoms with van der Waals surface area (Å²) in [5.41, 5.74) is 0.0634. The third-order valence-electron chi connectivity index (χ3n) is 6.03. The van der Waals surface area contributed by atoms with E-state index in [4.69, 9.17) is 9.47 Å². The van der Waals surface area contributed by atoms with Gasteiger partial charge in [0.05, 0.1) is 19.9 Å². The van der Waals surface area contributed by atoms with Crippen LogP contribution in [-0.4, -0.2) is 49.3 Å². The average Bonchev–Trinajstić information content (AvgIpc) is 3.14. The maximum absolute atomic E-state index is 13.9. The molecule has 0 atom stereocenters. The van der Waals surface area contributed by atoms with Crippen LogP contribution in [0.15, 0.2) is 72.8 Å². The zero-order chi connectivity index (χ0) is 25.9. The lowest BCUT2D eigenvalue weighted by Crippen LogP contribution is -2.45. The van der Waals surface area contributed by atoms with Crippen molar-refractivity contribution in [2.24, 2.45) is 0 Å². The van der Waals surface area contributed by atoms with Crippen molar-refractivity contribution in [1.29, 1.82) is 0 Å². The number of carbonyl (C=O) groups is 4. The van der Waals surface area contributed by atoms with Gasteiger partial charge >= 0.3 is 6.03 Å². The van der Waals surface area contributed by atoms with Crippen LogP contribution in [0.2, 0.25) is 0 Å². The molecule has 3 aromatic rings. The van der Waals surface area contributed by atoms with Gasteiger partial charge in [-0.3, -0.25) is 19.3 Å². The Balaban J connectivity index is 1.68. The maximum Gasteiger partial charge on any atom is 0.326 e. The number of benzene rings is 3. The summed E-state index contributed by atoms with van der Waals surface area (Å²) in [7, 11) is 3.06. The minimum Gasteiger partial charge on any atom is -0.497 e. The number of ketones is 1. The van der Waals surface area contributed by atoms with E-state index in [9.17, 15) is 19.2 Å². The van der Waals surface area contributed by atoms with Gasteiger partial charge in [0, 0.05) is 5.56 Å². The summed E-state index contributed by atoms with van der Waals surface area (Å²) in [4.78, 5) is 52.5. The highest BCUT2D eigenvalue weighted by molar-refractivity contribution is 6.12. The molecule has 36 heavy (non-hydrogen) atoms. The average molecular weight is 488 g/mol. The van der Waals surface area contributed by atoms with Crippen molar-refractivity contribution in [3.63, 3.8) is 0 Å². The van der Waals surface area contributed by atoms with Crippen LogP contribution in [0.1, 0.15) is 28.4 Å². The van der Waals surface area contributed by atoms with E-state index in [1.807, 2.05) is 0 Å². The van der Waals surface area contributed by atoms with Crippen LogP contribution >= 0.6 is 0 Å². The molecule has 9 heteroatoms. The van der Waals surface area contributed by atoms with Crippen molar-refractivity contribution in [3.8, 4) is 11.5 Å². The predicted molar refractivity (Wildman–Crippen MR) is 132 cm³/mol. The largest absolute Gasteiger partial charge is 0.497 e. The molecule has 0 aromatic heterocycles. The minimum absolute atomic E-state index is 0.223. The molecule has 0 saturated carbocycles. The molecule has 4 amide bonds. The number of para-hydroxylation sites is 1. The molecule has 0 spiro atoms. The lowest BCUT2D eigenvalue weighted by atomic mass is 9.82. The molecule has 3 aromatic carbocycles. The number of Topliss-reactive ketones (excluding diaryl/α,β-unsaturated/α-hetero) is 1. The molecule has 1 aliphatic rings. The Bertz CT molecular complexity index is 1270. The van der Waals surface area contributed by atoms with E-state index < -0.39 is 29.9 Å². The standard InChI is InChI=1S/C27H25N3O6/c1-17(31)22-6-4-5-7-23(22)28-24(32)16-30-25(33)27(29-26(30)34,18-8-12-20(35-2)13-9-18)19-10-14-21(36-3)15-11-19/h4-15H,16H2,1-3H3,(H,28,32)(H,29,34). The van der Waals surface area contributed by atoms with Gasteiger partial charge in [0.2, 0.25) is 5.91 Å². The molecule has 0 radical (unpaired) electrons. The quantitative estimate of drug-likeness (QED) is 0.372. The second-order valence-corrected chi connectivity index (χ2v) is 8.18. The lowest BCUT2D eigenvalue weighted by molar-refractivity contribution is -0.133. The summed E-state index contributed by atoms with van der Waals surface area (Å²) in [5.74, 6) is -0.286. The Morgan fingerprint density at radius 3 is 1.89 bits per heavy atom. The zero-order valence-corrected chi connectivity index (χ0v) is 20.0. The Morgan fingerprint density at radius 2 is 1.39 bits per heavy atom. The number of imide groups is 1. The highest BCUT2D eigenvalue weighted by Crippen LogP contribution is 2.37. The van der Waals surface area contributed by atoms with Crippen LogP contribution in [-0.2, 0) is 15.1 Å². The van der Waals surface area contributed by atoms with Crippen LogP contribution < -0.4 is 20.1 Å². The van der Waals surface area contributed by atoms with Gasteiger partial charge in [-0.25, -0.2) is 4.79 Å². The van der Waals surface area contributed by atoms with E-state index in [-0.39, 0.29) is 5.78 Å². The van der Waals surface area contributed by atoms with E-state index in [2.05, 4.69) is 10.6 Å². The molecular weight excluding hydrogens is 462 g/mol. The van der Waals surface area contributed by atoms with Gasteiger partial charge in [-0.1, -0.05) is 36.4 Å². The summed E-state index contributed by atoms with van der Waals surface area (Å²) >= 11 is 0. The molecule has 184 valence electrons. The van der Waals surface area contributed by atoms with Gasteiger partial charge in [0.1, 0.15) is 18.0 Å². The Labute approximate surface area is 208 Å². The van der Waals surface area contributed by atoms with E-state index in [1.165, 1.54) is 21.1 Å². The van der Waals surface area contributed by atoms with Gasteiger partial charge in [-0.2, -0.15) is 0 Å². The zero-order valence-electron chi connectivity index (χ0n) is 20.0. The van der Waals surface area contributed by atoms with Crippen LogP contribution in [0.25, 0.3) is 0 Å². The Morgan fingerprint density at radius 1 is 0.861 bits per heavy atom. The Hall–Kier alpha value is -4.66. The normalized spacial score (nSPS) is 14.2. The predicted octanol–water partition coefficient (Wildman–Crippen LogP) is 3.34. The van der Waals surface area contributed by atoms with Crippen molar-refractivity contribution >= 4 is 29.3 Å². The second-order valence-electron chi connectivity index (χ2n) is 8.18. The third kappa shape index (κ3) is 4.38. The summed E-state index contributed by atoms with van der Waals surface area (Å²) < 4.78 is 10.5. The molecule has 0 aliphatic carbocycles. The van der Waals surface area contributed by atoms with Crippen LogP contribution in [0.4, 0.5) is 10.5 Å². The van der Waals surface area contributed by atoms with Gasteiger partial charge in [-0.15, -0.1) is 0 Å². The summed E-state index contributed by atoms with van der Waals surface area (Å²) in [6.45, 7) is 0.853. The number of anilines is 1. The third-order valence-corrected chi connectivity index (χ3v) is 6.03. The number of ether oxygens (including phenoxy) is 2. The van der Waals surface area contributed by atoms with Crippen molar-refractivity contribution in [1.82, 2.24) is 10.2 Å². The Kier molecular flexibility index (Phi) is 6.73. The van der Waals surface area contributed by atoms with Crippen molar-refractivity contribution in [2.75, 3.05) is 26.1 Å². The van der Waals surface area contributed by atoms with Crippen LogP contribution in [0.5, 0.6) is 11.5 Å². The fourth-order valence-electron chi connectivity index (χ4n) is 4.19. The number of amides is 4. The van der Waals surface area contributed by atoms with Gasteiger partial charge in [0.15, 0.2) is 11.3 Å². The monoisotopic (exact) mass is 487 g/mol. The second kappa shape index (κ2) is 9.91. The maximum atomic E-state index is 13.9. The first kappa shape index (κ1) is 24.5. The molecule has 2 N–H and O–H groups in total. The van der Waals surface area contributed by atoms with Crippen LogP contribution in [0, 0.1) is 0 Å². The number of rotatable bonds is 8. The van der Waals surface area contributed by atoms with Gasteiger partial charge in [0.25, 0.3) is 5.91 Å². The summed E-state index contributed by atoms with van der Waals surface area (Å²) in [6, 6.07) is 19.3. The van der Waals surface area contributed by atoms with Gasteiger partial charge in [-0.05, 0) is 54.4 Å². The van der Waals surface area contributed by atoms with Crippen molar-refractivity contribution in [2.45, 2.75) is 12.5 Å². The SMILES string of the molecule is COc1ccc(C2(c3ccc(OC)cc3)NC(=O)N(CC(=O)Nc3ccccc3C(C)=O)C2=O)cc1. The summed E-state index contributed by atoms with van der Waals surface area (Å²) in [6.07, 6.45) is 0. The number of nitrogens with zero attached hydrogens (tertiary/aromatic N) is 1. The molecular formula is C27H25N3O6. The number of urea groups is 1. The molecule has 1 heterocycles. The van der Waals surface area contributed by atoms with E-state index in [1.54, 1.807) is 72.8 Å². The molecule has 0 bridgehead atoms. The molecule has 1 aliphatic heterocycles. The first-order valence-electron chi connectivity index (χ1n) is 11.1. The number of methoxy groups -OCH3 is 2. The molecule has 4 rings (SSSR count). The highest BCUT2D eigenvalue weighted by atomic mass is 16.5. The fraction of sp³-hybridized carbons (Fsp3) is 0.185. The van der Waals surface area contributed by atoms with Crippen molar-refractivity contribution in [3.05, 3.63) is 89.5 Å². The van der Waals surface area contributed by atoms with E-state index >= 15 is 0 Å². The molecule has 0 unspecified atom stereocenters. The van der Waals surface area contributed by atoms with E-state index in [0.29, 0.717) is 33.9 Å². The van der Waals surface area contributed by atoms with Crippen molar-refractivity contribution < 1.29 is 28.7 Å². The van der Waals surface area contributed by atoms with E-state index in [0.717, 1.165) is 4.90 Å².